The quantitative estimate of drug-likeness (QED) is 0.823. The van der Waals surface area contributed by atoms with Gasteiger partial charge in [-0.15, -0.1) is 0 Å². The summed E-state index contributed by atoms with van der Waals surface area (Å²) in [5.74, 6) is 3.40. The number of rotatable bonds is 3. The molecule has 2 atom stereocenters. The van der Waals surface area contributed by atoms with Gasteiger partial charge in [0.15, 0.2) is 0 Å². The summed E-state index contributed by atoms with van der Waals surface area (Å²) in [6, 6.07) is 0.653. The van der Waals surface area contributed by atoms with E-state index in [1.807, 2.05) is 0 Å². The molecule has 94 valence electrons. The fourth-order valence-corrected chi connectivity index (χ4v) is 4.31. The largest absolute Gasteiger partial charge is 0.375 e. The van der Waals surface area contributed by atoms with Gasteiger partial charge in [0.1, 0.15) is 0 Å². The van der Waals surface area contributed by atoms with Gasteiger partial charge in [-0.3, -0.25) is 0 Å². The van der Waals surface area contributed by atoms with Gasteiger partial charge < -0.3 is 10.1 Å². The maximum atomic E-state index is 6.12. The van der Waals surface area contributed by atoms with Gasteiger partial charge in [0.05, 0.1) is 5.60 Å². The van der Waals surface area contributed by atoms with Gasteiger partial charge in [0.25, 0.3) is 0 Å². The molecular formula is C13H25NOS. The van der Waals surface area contributed by atoms with Gasteiger partial charge in [-0.2, -0.15) is 11.8 Å². The maximum Gasteiger partial charge on any atom is 0.0701 e. The minimum absolute atomic E-state index is 0.248. The highest BCUT2D eigenvalue weighted by Gasteiger charge is 2.39. The van der Waals surface area contributed by atoms with E-state index >= 15 is 0 Å². The number of ether oxygens (including phenoxy) is 1. The Morgan fingerprint density at radius 2 is 2.19 bits per heavy atom. The van der Waals surface area contributed by atoms with Crippen molar-refractivity contribution in [2.75, 3.05) is 24.7 Å². The number of nitrogens with one attached hydrogen (secondary N) is 1. The van der Waals surface area contributed by atoms with E-state index in [-0.39, 0.29) is 5.60 Å². The van der Waals surface area contributed by atoms with Crippen LogP contribution in [0.2, 0.25) is 0 Å². The SMILES string of the molecule is CCNC(C)C1CCOC2(CCSCC2)C1. The fourth-order valence-electron chi connectivity index (χ4n) is 3.07. The van der Waals surface area contributed by atoms with Gasteiger partial charge in [0, 0.05) is 12.6 Å². The van der Waals surface area contributed by atoms with Crippen LogP contribution in [-0.2, 0) is 4.74 Å². The van der Waals surface area contributed by atoms with E-state index in [0.29, 0.717) is 6.04 Å². The van der Waals surface area contributed by atoms with E-state index in [1.54, 1.807) is 0 Å². The van der Waals surface area contributed by atoms with Crippen molar-refractivity contribution in [3.8, 4) is 0 Å². The minimum Gasteiger partial charge on any atom is -0.375 e. The first-order valence-corrected chi connectivity index (χ1v) is 7.86. The Kier molecular flexibility index (Phi) is 4.57. The molecule has 16 heavy (non-hydrogen) atoms. The molecular weight excluding hydrogens is 218 g/mol. The molecule has 3 heteroatoms. The van der Waals surface area contributed by atoms with Crippen LogP contribution in [0.25, 0.3) is 0 Å². The molecule has 0 aromatic rings. The third-order valence-electron chi connectivity index (χ3n) is 4.17. The van der Waals surface area contributed by atoms with Crippen LogP contribution in [0.4, 0.5) is 0 Å². The molecule has 0 aromatic carbocycles. The van der Waals surface area contributed by atoms with Crippen molar-refractivity contribution in [1.82, 2.24) is 5.32 Å². The first kappa shape index (κ1) is 12.7. The Balaban J connectivity index is 1.92. The molecule has 2 rings (SSSR count). The summed E-state index contributed by atoms with van der Waals surface area (Å²) in [6.45, 7) is 6.60. The average molecular weight is 243 g/mol. The Labute approximate surface area is 104 Å². The van der Waals surface area contributed by atoms with Gasteiger partial charge >= 0.3 is 0 Å². The summed E-state index contributed by atoms with van der Waals surface area (Å²) < 4.78 is 6.12. The molecule has 0 saturated carbocycles. The van der Waals surface area contributed by atoms with Crippen LogP contribution >= 0.6 is 11.8 Å². The highest BCUT2D eigenvalue weighted by Crippen LogP contribution is 2.40. The first-order chi connectivity index (χ1) is 7.76. The zero-order valence-electron chi connectivity index (χ0n) is 10.6. The van der Waals surface area contributed by atoms with E-state index in [1.165, 1.54) is 37.2 Å². The van der Waals surface area contributed by atoms with Gasteiger partial charge in [-0.05, 0) is 56.6 Å². The van der Waals surface area contributed by atoms with Crippen molar-refractivity contribution >= 4 is 11.8 Å². The van der Waals surface area contributed by atoms with Gasteiger partial charge in [0.2, 0.25) is 0 Å². The van der Waals surface area contributed by atoms with Crippen LogP contribution < -0.4 is 5.32 Å². The summed E-state index contributed by atoms with van der Waals surface area (Å²) >= 11 is 2.09. The lowest BCUT2D eigenvalue weighted by atomic mass is 9.79. The summed E-state index contributed by atoms with van der Waals surface area (Å²) in [5, 5.41) is 3.58. The van der Waals surface area contributed by atoms with Crippen LogP contribution in [0.3, 0.4) is 0 Å². The highest BCUT2D eigenvalue weighted by molar-refractivity contribution is 7.99. The normalized spacial score (nSPS) is 31.5. The average Bonchev–Trinajstić information content (AvgIpc) is 2.30. The molecule has 2 aliphatic heterocycles. The van der Waals surface area contributed by atoms with E-state index in [4.69, 9.17) is 4.74 Å². The zero-order valence-corrected chi connectivity index (χ0v) is 11.4. The molecule has 2 nitrogen and oxygen atoms in total. The van der Waals surface area contributed by atoms with E-state index in [2.05, 4.69) is 30.9 Å². The number of hydrogen-bond donors (Lipinski definition) is 1. The van der Waals surface area contributed by atoms with Crippen LogP contribution in [-0.4, -0.2) is 36.3 Å². The second-order valence-electron chi connectivity index (χ2n) is 5.24. The number of hydrogen-bond acceptors (Lipinski definition) is 3. The zero-order chi connectivity index (χ0) is 11.4. The monoisotopic (exact) mass is 243 g/mol. The molecule has 1 spiro atoms. The second kappa shape index (κ2) is 5.74. The Morgan fingerprint density at radius 3 is 2.88 bits per heavy atom. The molecule has 1 N–H and O–H groups in total. The Hall–Kier alpha value is 0.270. The molecule has 2 aliphatic rings. The molecule has 2 fully saturated rings. The fraction of sp³-hybridized carbons (Fsp3) is 1.00. The van der Waals surface area contributed by atoms with Crippen molar-refractivity contribution in [3.05, 3.63) is 0 Å². The predicted molar refractivity (Wildman–Crippen MR) is 71.1 cm³/mol. The van der Waals surface area contributed by atoms with Gasteiger partial charge in [-0.25, -0.2) is 0 Å². The summed E-state index contributed by atoms with van der Waals surface area (Å²) in [4.78, 5) is 0. The van der Waals surface area contributed by atoms with Crippen LogP contribution in [0.1, 0.15) is 39.5 Å². The van der Waals surface area contributed by atoms with Crippen LogP contribution in [0, 0.1) is 5.92 Å². The molecule has 0 aliphatic carbocycles. The molecule has 2 heterocycles. The predicted octanol–water partition coefficient (Wildman–Crippen LogP) is 2.68. The van der Waals surface area contributed by atoms with Crippen molar-refractivity contribution in [3.63, 3.8) is 0 Å². The van der Waals surface area contributed by atoms with Crippen molar-refractivity contribution in [2.45, 2.75) is 51.2 Å². The lowest BCUT2D eigenvalue weighted by Gasteiger charge is -2.45. The molecule has 0 radical (unpaired) electrons. The standard InChI is InChI=1S/C13H25NOS/c1-3-14-11(2)12-4-7-15-13(10-12)5-8-16-9-6-13/h11-12,14H,3-10H2,1-2H3. The van der Waals surface area contributed by atoms with Crippen LogP contribution in [0.5, 0.6) is 0 Å². The lowest BCUT2D eigenvalue weighted by molar-refractivity contribution is -0.106. The van der Waals surface area contributed by atoms with Crippen molar-refractivity contribution < 1.29 is 4.74 Å². The van der Waals surface area contributed by atoms with Crippen LogP contribution in [0.15, 0.2) is 0 Å². The summed E-state index contributed by atoms with van der Waals surface area (Å²) in [6.07, 6.45) is 5.06. The second-order valence-corrected chi connectivity index (χ2v) is 6.47. The topological polar surface area (TPSA) is 21.3 Å². The van der Waals surface area contributed by atoms with E-state index < -0.39 is 0 Å². The van der Waals surface area contributed by atoms with Crippen molar-refractivity contribution in [2.24, 2.45) is 5.92 Å². The smallest absolute Gasteiger partial charge is 0.0701 e. The Bertz CT molecular complexity index is 210. The molecule has 0 bridgehead atoms. The maximum absolute atomic E-state index is 6.12. The van der Waals surface area contributed by atoms with Gasteiger partial charge in [-0.1, -0.05) is 6.92 Å². The molecule has 0 amide bonds. The first-order valence-electron chi connectivity index (χ1n) is 6.71. The van der Waals surface area contributed by atoms with Crippen molar-refractivity contribution in [1.29, 1.82) is 0 Å². The molecule has 0 aromatic heterocycles. The Morgan fingerprint density at radius 1 is 1.44 bits per heavy atom. The lowest BCUT2D eigenvalue weighted by Crippen LogP contribution is -2.47. The highest BCUT2D eigenvalue weighted by atomic mass is 32.2. The molecule has 2 saturated heterocycles. The minimum atomic E-state index is 0.248. The molecule has 2 unspecified atom stereocenters. The third kappa shape index (κ3) is 2.93. The third-order valence-corrected chi connectivity index (χ3v) is 5.15. The number of thioether (sulfide) groups is 1. The summed E-state index contributed by atoms with van der Waals surface area (Å²) in [5.41, 5.74) is 0.248. The van der Waals surface area contributed by atoms with E-state index in [9.17, 15) is 0 Å². The summed E-state index contributed by atoms with van der Waals surface area (Å²) in [7, 11) is 0. The van der Waals surface area contributed by atoms with E-state index in [0.717, 1.165) is 19.1 Å².